The monoisotopic (exact) mass is 502 g/mol. The van der Waals surface area contributed by atoms with Crippen molar-refractivity contribution in [3.63, 3.8) is 0 Å². The van der Waals surface area contributed by atoms with E-state index >= 15 is 0 Å². The lowest BCUT2D eigenvalue weighted by Gasteiger charge is -2.12. The first-order chi connectivity index (χ1) is 15.3. The SMILES string of the molecule is CCOC(=O)c1ccc(NC(=O)/C(C#N)=C/c2cc(OC)c(OCC(=O)O)cc2Br)cc1. The number of anilines is 1. The summed E-state index contributed by atoms with van der Waals surface area (Å²) in [6.45, 7) is 1.40. The summed E-state index contributed by atoms with van der Waals surface area (Å²) in [5, 5.41) is 20.8. The van der Waals surface area contributed by atoms with Crippen LogP contribution in [0.1, 0.15) is 22.8 Å². The maximum atomic E-state index is 12.5. The molecular weight excluding hydrogens is 484 g/mol. The fraction of sp³-hybridized carbons (Fsp3) is 0.182. The van der Waals surface area contributed by atoms with Crippen molar-refractivity contribution >= 4 is 45.5 Å². The third kappa shape index (κ3) is 6.58. The van der Waals surface area contributed by atoms with Crippen molar-refractivity contribution < 1.29 is 33.7 Å². The number of benzene rings is 2. The lowest BCUT2D eigenvalue weighted by atomic mass is 10.1. The molecule has 0 unspecified atom stereocenters. The van der Waals surface area contributed by atoms with Gasteiger partial charge < -0.3 is 24.6 Å². The number of methoxy groups -OCH3 is 1. The number of carbonyl (C=O) groups is 3. The van der Waals surface area contributed by atoms with Crippen LogP contribution in [0.2, 0.25) is 0 Å². The van der Waals surface area contributed by atoms with E-state index in [1.54, 1.807) is 6.92 Å². The van der Waals surface area contributed by atoms with Gasteiger partial charge in [-0.05, 0) is 55.0 Å². The number of carboxylic acids is 1. The number of hydrogen-bond donors (Lipinski definition) is 2. The van der Waals surface area contributed by atoms with Crippen molar-refractivity contribution in [1.29, 1.82) is 5.26 Å². The van der Waals surface area contributed by atoms with E-state index in [0.717, 1.165) is 0 Å². The Morgan fingerprint density at radius 3 is 2.44 bits per heavy atom. The number of hydrogen-bond acceptors (Lipinski definition) is 7. The summed E-state index contributed by atoms with van der Waals surface area (Å²) < 4.78 is 15.7. The van der Waals surface area contributed by atoms with Gasteiger partial charge >= 0.3 is 11.9 Å². The van der Waals surface area contributed by atoms with Crippen LogP contribution in [0.25, 0.3) is 6.08 Å². The normalized spacial score (nSPS) is 10.6. The third-order valence-corrected chi connectivity index (χ3v) is 4.64. The van der Waals surface area contributed by atoms with Crippen LogP contribution in [0, 0.1) is 11.3 Å². The van der Waals surface area contributed by atoms with Gasteiger partial charge in [-0.3, -0.25) is 4.79 Å². The topological polar surface area (TPSA) is 135 Å². The molecule has 0 fully saturated rings. The Morgan fingerprint density at radius 1 is 1.19 bits per heavy atom. The van der Waals surface area contributed by atoms with Gasteiger partial charge in [0, 0.05) is 10.2 Å². The fourth-order valence-electron chi connectivity index (χ4n) is 2.48. The average Bonchev–Trinajstić information content (AvgIpc) is 2.77. The van der Waals surface area contributed by atoms with Gasteiger partial charge in [0.25, 0.3) is 5.91 Å². The van der Waals surface area contributed by atoms with E-state index in [-0.39, 0.29) is 23.7 Å². The van der Waals surface area contributed by atoms with Gasteiger partial charge in [0.1, 0.15) is 11.6 Å². The molecule has 0 saturated carbocycles. The van der Waals surface area contributed by atoms with Crippen LogP contribution in [-0.2, 0) is 14.3 Å². The second-order valence-electron chi connectivity index (χ2n) is 6.13. The molecule has 10 heteroatoms. The zero-order valence-electron chi connectivity index (χ0n) is 17.2. The van der Waals surface area contributed by atoms with Gasteiger partial charge in [-0.1, -0.05) is 15.9 Å². The maximum absolute atomic E-state index is 12.5. The first-order valence-corrected chi connectivity index (χ1v) is 10.0. The molecule has 0 bridgehead atoms. The highest BCUT2D eigenvalue weighted by Crippen LogP contribution is 2.34. The Bertz CT molecular complexity index is 1090. The number of carbonyl (C=O) groups excluding carboxylic acids is 2. The first-order valence-electron chi connectivity index (χ1n) is 9.21. The molecule has 1 amide bonds. The van der Waals surface area contributed by atoms with Crippen molar-refractivity contribution in [2.75, 3.05) is 25.6 Å². The Morgan fingerprint density at radius 2 is 1.88 bits per heavy atom. The number of carboxylic acid groups (broad SMARTS) is 1. The minimum atomic E-state index is -1.15. The number of nitriles is 1. The number of aliphatic carboxylic acids is 1. The molecule has 0 aromatic heterocycles. The number of amides is 1. The van der Waals surface area contributed by atoms with Crippen molar-refractivity contribution in [3.8, 4) is 17.6 Å². The summed E-state index contributed by atoms with van der Waals surface area (Å²) in [6.07, 6.45) is 1.34. The fourth-order valence-corrected chi connectivity index (χ4v) is 2.92. The Hall–Kier alpha value is -3.84. The molecule has 0 saturated heterocycles. The largest absolute Gasteiger partial charge is 0.493 e. The molecule has 2 aromatic rings. The van der Waals surface area contributed by atoms with Gasteiger partial charge in [0.15, 0.2) is 18.1 Å². The van der Waals surface area contributed by atoms with Crippen LogP contribution in [0.4, 0.5) is 5.69 Å². The molecule has 166 valence electrons. The number of halogens is 1. The molecule has 2 rings (SSSR count). The smallest absolute Gasteiger partial charge is 0.341 e. The quantitative estimate of drug-likeness (QED) is 0.301. The Kier molecular flexibility index (Phi) is 8.80. The predicted octanol–water partition coefficient (Wildman–Crippen LogP) is 3.64. The summed E-state index contributed by atoms with van der Waals surface area (Å²) in [6, 6.07) is 10.9. The van der Waals surface area contributed by atoms with Crippen molar-refractivity contribution in [1.82, 2.24) is 0 Å². The third-order valence-electron chi connectivity index (χ3n) is 3.95. The highest BCUT2D eigenvalue weighted by atomic mass is 79.9. The van der Waals surface area contributed by atoms with Gasteiger partial charge in [-0.2, -0.15) is 5.26 Å². The number of rotatable bonds is 9. The summed E-state index contributed by atoms with van der Waals surface area (Å²) in [7, 11) is 1.38. The molecule has 2 N–H and O–H groups in total. The molecule has 32 heavy (non-hydrogen) atoms. The molecule has 0 atom stereocenters. The van der Waals surface area contributed by atoms with Crippen LogP contribution < -0.4 is 14.8 Å². The van der Waals surface area contributed by atoms with E-state index in [4.69, 9.17) is 19.3 Å². The maximum Gasteiger partial charge on any atom is 0.341 e. The lowest BCUT2D eigenvalue weighted by molar-refractivity contribution is -0.139. The highest BCUT2D eigenvalue weighted by Gasteiger charge is 2.15. The van der Waals surface area contributed by atoms with E-state index in [2.05, 4.69) is 21.2 Å². The van der Waals surface area contributed by atoms with Crippen LogP contribution >= 0.6 is 15.9 Å². The van der Waals surface area contributed by atoms with Crippen LogP contribution in [-0.4, -0.2) is 43.3 Å². The molecule has 0 aliphatic carbocycles. The minimum Gasteiger partial charge on any atom is -0.493 e. The summed E-state index contributed by atoms with van der Waals surface area (Å²) >= 11 is 3.31. The standard InChI is InChI=1S/C22H19BrN2O7/c1-3-31-22(29)13-4-6-16(7-5-13)25-21(28)15(11-24)8-14-9-18(30-2)19(10-17(14)23)32-12-20(26)27/h4-10H,3,12H2,1-2H3,(H,25,28)(H,26,27)/b15-8+. The van der Waals surface area contributed by atoms with Gasteiger partial charge in [0.2, 0.25) is 0 Å². The molecule has 0 aliphatic rings. The molecule has 0 spiro atoms. The Labute approximate surface area is 192 Å². The second-order valence-corrected chi connectivity index (χ2v) is 6.98. The average molecular weight is 503 g/mol. The van der Waals surface area contributed by atoms with Crippen molar-refractivity contribution in [3.05, 3.63) is 57.6 Å². The van der Waals surface area contributed by atoms with E-state index in [1.165, 1.54) is 49.6 Å². The van der Waals surface area contributed by atoms with Crippen LogP contribution in [0.15, 0.2) is 46.4 Å². The summed E-state index contributed by atoms with van der Waals surface area (Å²) in [5.41, 5.74) is 0.968. The number of esters is 1. The predicted molar refractivity (Wildman–Crippen MR) is 118 cm³/mol. The minimum absolute atomic E-state index is 0.184. The molecule has 2 aromatic carbocycles. The number of ether oxygens (including phenoxy) is 3. The van der Waals surface area contributed by atoms with Crippen LogP contribution in [0.5, 0.6) is 11.5 Å². The van der Waals surface area contributed by atoms with Gasteiger partial charge in [0.05, 0.1) is 19.3 Å². The zero-order valence-corrected chi connectivity index (χ0v) is 18.8. The molecule has 0 heterocycles. The van der Waals surface area contributed by atoms with Crippen molar-refractivity contribution in [2.24, 2.45) is 0 Å². The van der Waals surface area contributed by atoms with E-state index in [0.29, 0.717) is 21.3 Å². The molecule has 0 aliphatic heterocycles. The van der Waals surface area contributed by atoms with E-state index in [1.807, 2.05) is 6.07 Å². The van der Waals surface area contributed by atoms with Gasteiger partial charge in [-0.25, -0.2) is 9.59 Å². The van der Waals surface area contributed by atoms with Crippen molar-refractivity contribution in [2.45, 2.75) is 6.92 Å². The van der Waals surface area contributed by atoms with Crippen LogP contribution in [0.3, 0.4) is 0 Å². The first kappa shape index (κ1) is 24.4. The second kappa shape index (κ2) is 11.5. The molecule has 0 radical (unpaired) electrons. The van der Waals surface area contributed by atoms with E-state index < -0.39 is 24.5 Å². The Balaban J connectivity index is 2.23. The van der Waals surface area contributed by atoms with Gasteiger partial charge in [-0.15, -0.1) is 0 Å². The van der Waals surface area contributed by atoms with E-state index in [9.17, 15) is 19.6 Å². The summed E-state index contributed by atoms with van der Waals surface area (Å²) in [5.74, 6) is -1.87. The zero-order chi connectivity index (χ0) is 23.7. The molecular formula is C22H19BrN2O7. The summed E-state index contributed by atoms with van der Waals surface area (Å²) in [4.78, 5) is 35.0. The lowest BCUT2D eigenvalue weighted by Crippen LogP contribution is -2.14. The molecule has 9 nitrogen and oxygen atoms in total. The highest BCUT2D eigenvalue weighted by molar-refractivity contribution is 9.10. The number of nitrogens with zero attached hydrogens (tertiary/aromatic N) is 1. The number of nitrogens with one attached hydrogen (secondary N) is 1.